The molecular weight excluding hydrogens is 226 g/mol. The van der Waals surface area contributed by atoms with Crippen LogP contribution in [0.4, 0.5) is 0 Å². The van der Waals surface area contributed by atoms with Gasteiger partial charge in [0, 0.05) is 27.2 Å². The van der Waals surface area contributed by atoms with Gasteiger partial charge in [-0.2, -0.15) is 0 Å². The monoisotopic (exact) mass is 247 g/mol. The van der Waals surface area contributed by atoms with Crippen LogP contribution in [-0.2, 0) is 17.9 Å². The standard InChI is InChI=1S/C14H21N3O/c1-4-9-16-14(15-2)17-10-12-7-5-6-8-13(12)11-18-3/h4-8H,1,9-11H2,2-3H3,(H2,15,16,17). The predicted molar refractivity (Wildman–Crippen MR) is 75.6 cm³/mol. The summed E-state index contributed by atoms with van der Waals surface area (Å²) in [4.78, 5) is 4.13. The van der Waals surface area contributed by atoms with Gasteiger partial charge in [0.1, 0.15) is 0 Å². The molecule has 0 bridgehead atoms. The van der Waals surface area contributed by atoms with Crippen molar-refractivity contribution in [3.8, 4) is 0 Å². The van der Waals surface area contributed by atoms with Gasteiger partial charge in [0.15, 0.2) is 5.96 Å². The van der Waals surface area contributed by atoms with Crippen molar-refractivity contribution in [3.63, 3.8) is 0 Å². The van der Waals surface area contributed by atoms with Crippen molar-refractivity contribution in [3.05, 3.63) is 48.0 Å². The molecular formula is C14H21N3O. The van der Waals surface area contributed by atoms with E-state index in [2.05, 4.69) is 34.3 Å². The van der Waals surface area contributed by atoms with Gasteiger partial charge in [0.25, 0.3) is 0 Å². The number of aliphatic imine (C=N–C) groups is 1. The minimum Gasteiger partial charge on any atom is -0.380 e. The van der Waals surface area contributed by atoms with Crippen LogP contribution >= 0.6 is 0 Å². The van der Waals surface area contributed by atoms with Crippen molar-refractivity contribution in [2.24, 2.45) is 4.99 Å². The van der Waals surface area contributed by atoms with E-state index in [0.29, 0.717) is 13.2 Å². The molecule has 0 saturated carbocycles. The van der Waals surface area contributed by atoms with Crippen molar-refractivity contribution in [2.75, 3.05) is 20.7 Å². The molecule has 0 atom stereocenters. The van der Waals surface area contributed by atoms with Crippen molar-refractivity contribution >= 4 is 5.96 Å². The number of nitrogens with zero attached hydrogens (tertiary/aromatic N) is 1. The van der Waals surface area contributed by atoms with E-state index in [9.17, 15) is 0 Å². The molecule has 0 fully saturated rings. The molecule has 0 aliphatic rings. The Bertz CT molecular complexity index is 402. The summed E-state index contributed by atoms with van der Waals surface area (Å²) in [5.74, 6) is 0.766. The number of nitrogens with one attached hydrogen (secondary N) is 2. The van der Waals surface area contributed by atoms with E-state index in [1.165, 1.54) is 11.1 Å². The van der Waals surface area contributed by atoms with Gasteiger partial charge in [0.2, 0.25) is 0 Å². The summed E-state index contributed by atoms with van der Waals surface area (Å²) in [6, 6.07) is 8.20. The van der Waals surface area contributed by atoms with Gasteiger partial charge >= 0.3 is 0 Å². The molecule has 18 heavy (non-hydrogen) atoms. The van der Waals surface area contributed by atoms with Gasteiger partial charge < -0.3 is 15.4 Å². The molecule has 4 heteroatoms. The Morgan fingerprint density at radius 2 is 2.06 bits per heavy atom. The zero-order valence-corrected chi connectivity index (χ0v) is 11.1. The first-order valence-corrected chi connectivity index (χ1v) is 5.93. The van der Waals surface area contributed by atoms with Crippen LogP contribution in [0.3, 0.4) is 0 Å². The summed E-state index contributed by atoms with van der Waals surface area (Å²) >= 11 is 0. The summed E-state index contributed by atoms with van der Waals surface area (Å²) in [6.07, 6.45) is 1.80. The fraction of sp³-hybridized carbons (Fsp3) is 0.357. The fourth-order valence-corrected chi connectivity index (χ4v) is 1.59. The van der Waals surface area contributed by atoms with Crippen LogP contribution in [0.5, 0.6) is 0 Å². The topological polar surface area (TPSA) is 45.7 Å². The second-order valence-electron chi connectivity index (χ2n) is 3.80. The summed E-state index contributed by atoms with van der Waals surface area (Å²) in [5, 5.41) is 6.39. The van der Waals surface area contributed by atoms with Crippen molar-refractivity contribution in [1.82, 2.24) is 10.6 Å². The molecule has 98 valence electrons. The Labute approximate surface area is 109 Å². The van der Waals surface area contributed by atoms with E-state index in [1.807, 2.05) is 12.1 Å². The molecule has 0 aliphatic heterocycles. The van der Waals surface area contributed by atoms with E-state index in [1.54, 1.807) is 20.2 Å². The van der Waals surface area contributed by atoms with E-state index >= 15 is 0 Å². The normalized spacial score (nSPS) is 11.1. The highest BCUT2D eigenvalue weighted by Crippen LogP contribution is 2.09. The van der Waals surface area contributed by atoms with Gasteiger partial charge in [-0.15, -0.1) is 6.58 Å². The summed E-state index contributed by atoms with van der Waals surface area (Å²) in [7, 11) is 3.45. The largest absolute Gasteiger partial charge is 0.380 e. The number of methoxy groups -OCH3 is 1. The van der Waals surface area contributed by atoms with Crippen LogP contribution in [0.15, 0.2) is 41.9 Å². The summed E-state index contributed by atoms with van der Waals surface area (Å²) < 4.78 is 5.18. The Balaban J connectivity index is 2.58. The molecule has 0 aliphatic carbocycles. The molecule has 0 aromatic heterocycles. The molecule has 0 heterocycles. The van der Waals surface area contributed by atoms with Gasteiger partial charge in [-0.05, 0) is 11.1 Å². The highest BCUT2D eigenvalue weighted by atomic mass is 16.5. The Kier molecular flexibility index (Phi) is 6.58. The Hall–Kier alpha value is -1.81. The maximum Gasteiger partial charge on any atom is 0.191 e. The van der Waals surface area contributed by atoms with Crippen LogP contribution in [0.25, 0.3) is 0 Å². The number of rotatable bonds is 6. The van der Waals surface area contributed by atoms with Crippen molar-refractivity contribution in [1.29, 1.82) is 0 Å². The third kappa shape index (κ3) is 4.59. The molecule has 0 unspecified atom stereocenters. The SMILES string of the molecule is C=CCNC(=NC)NCc1ccccc1COC. The Morgan fingerprint density at radius 3 is 2.67 bits per heavy atom. The maximum atomic E-state index is 5.18. The number of benzene rings is 1. The van der Waals surface area contributed by atoms with Crippen LogP contribution in [0.2, 0.25) is 0 Å². The highest BCUT2D eigenvalue weighted by molar-refractivity contribution is 5.79. The van der Waals surface area contributed by atoms with Crippen LogP contribution in [0, 0.1) is 0 Å². The number of hydrogen-bond acceptors (Lipinski definition) is 2. The lowest BCUT2D eigenvalue weighted by Gasteiger charge is -2.13. The molecule has 0 amide bonds. The summed E-state index contributed by atoms with van der Waals surface area (Å²) in [6.45, 7) is 5.70. The molecule has 1 rings (SSSR count). The zero-order chi connectivity index (χ0) is 13.2. The van der Waals surface area contributed by atoms with Crippen LogP contribution in [-0.4, -0.2) is 26.7 Å². The minimum atomic E-state index is 0.622. The third-order valence-electron chi connectivity index (χ3n) is 2.50. The first kappa shape index (κ1) is 14.3. The number of ether oxygens (including phenoxy) is 1. The number of hydrogen-bond donors (Lipinski definition) is 2. The molecule has 4 nitrogen and oxygen atoms in total. The molecule has 0 radical (unpaired) electrons. The first-order chi connectivity index (χ1) is 8.81. The van der Waals surface area contributed by atoms with E-state index in [-0.39, 0.29) is 0 Å². The van der Waals surface area contributed by atoms with Crippen LogP contribution < -0.4 is 10.6 Å². The molecule has 1 aromatic rings. The lowest BCUT2D eigenvalue weighted by molar-refractivity contribution is 0.184. The van der Waals surface area contributed by atoms with Gasteiger partial charge in [-0.3, -0.25) is 4.99 Å². The first-order valence-electron chi connectivity index (χ1n) is 5.93. The smallest absolute Gasteiger partial charge is 0.191 e. The predicted octanol–water partition coefficient (Wildman–Crippen LogP) is 1.68. The van der Waals surface area contributed by atoms with E-state index in [0.717, 1.165) is 12.5 Å². The molecule has 0 spiro atoms. The lowest BCUT2D eigenvalue weighted by Crippen LogP contribution is -2.36. The second kappa shape index (κ2) is 8.31. The highest BCUT2D eigenvalue weighted by Gasteiger charge is 2.02. The van der Waals surface area contributed by atoms with Crippen molar-refractivity contribution < 1.29 is 4.74 Å². The number of guanidine groups is 1. The van der Waals surface area contributed by atoms with Gasteiger partial charge in [0.05, 0.1) is 6.61 Å². The third-order valence-corrected chi connectivity index (χ3v) is 2.50. The second-order valence-corrected chi connectivity index (χ2v) is 3.80. The summed E-state index contributed by atoms with van der Waals surface area (Å²) in [5.41, 5.74) is 2.40. The lowest BCUT2D eigenvalue weighted by atomic mass is 10.1. The Morgan fingerprint density at radius 1 is 1.33 bits per heavy atom. The molecule has 0 saturated heterocycles. The molecule has 1 aromatic carbocycles. The van der Waals surface area contributed by atoms with E-state index in [4.69, 9.17) is 4.74 Å². The van der Waals surface area contributed by atoms with E-state index < -0.39 is 0 Å². The fourth-order valence-electron chi connectivity index (χ4n) is 1.59. The molecule has 2 N–H and O–H groups in total. The van der Waals surface area contributed by atoms with Crippen LogP contribution in [0.1, 0.15) is 11.1 Å². The quantitative estimate of drug-likeness (QED) is 0.457. The van der Waals surface area contributed by atoms with Crippen molar-refractivity contribution in [2.45, 2.75) is 13.2 Å². The average Bonchev–Trinajstić information content (AvgIpc) is 2.41. The van der Waals surface area contributed by atoms with Gasteiger partial charge in [-0.25, -0.2) is 0 Å². The average molecular weight is 247 g/mol. The minimum absolute atomic E-state index is 0.622. The van der Waals surface area contributed by atoms with Gasteiger partial charge in [-0.1, -0.05) is 30.3 Å². The zero-order valence-electron chi connectivity index (χ0n) is 11.1. The maximum absolute atomic E-state index is 5.18.